The molecule has 2 aromatic rings. The first-order chi connectivity index (χ1) is 10.2. The van der Waals surface area contributed by atoms with Crippen molar-refractivity contribution in [2.45, 2.75) is 25.9 Å². The van der Waals surface area contributed by atoms with E-state index in [9.17, 15) is 0 Å². The first-order valence-electron chi connectivity index (χ1n) is 7.02. The molecule has 0 aromatic heterocycles. The fourth-order valence-electron chi connectivity index (χ4n) is 2.15. The number of nitrogens with two attached hydrogens (primary N) is 1. The summed E-state index contributed by atoms with van der Waals surface area (Å²) in [7, 11) is 0. The molecule has 3 N–H and O–H groups in total. The van der Waals surface area contributed by atoms with E-state index < -0.39 is 0 Å². The maximum absolute atomic E-state index is 8.69. The van der Waals surface area contributed by atoms with Gasteiger partial charge in [-0.1, -0.05) is 60.6 Å². The Labute approximate surface area is 124 Å². The van der Waals surface area contributed by atoms with Crippen LogP contribution in [0.3, 0.4) is 0 Å². The lowest BCUT2D eigenvalue weighted by Gasteiger charge is -2.19. The van der Waals surface area contributed by atoms with Gasteiger partial charge in [-0.3, -0.25) is 0 Å². The summed E-state index contributed by atoms with van der Waals surface area (Å²) in [4.78, 5) is 0. The van der Waals surface area contributed by atoms with Gasteiger partial charge in [0.1, 0.15) is 17.7 Å². The van der Waals surface area contributed by atoms with Gasteiger partial charge in [-0.25, -0.2) is 0 Å². The van der Waals surface area contributed by atoms with E-state index in [4.69, 9.17) is 15.7 Å². The summed E-state index contributed by atoms with van der Waals surface area (Å²) in [6.07, 6.45) is 1.06. The lowest BCUT2D eigenvalue weighted by Crippen LogP contribution is -2.25. The van der Waals surface area contributed by atoms with Gasteiger partial charge in [0, 0.05) is 12.0 Å². The molecule has 0 bridgehead atoms. The van der Waals surface area contributed by atoms with Gasteiger partial charge in [-0.05, 0) is 18.1 Å². The van der Waals surface area contributed by atoms with Gasteiger partial charge in [0.15, 0.2) is 0 Å². The molecule has 21 heavy (non-hydrogen) atoms. The van der Waals surface area contributed by atoms with Gasteiger partial charge in [0.05, 0.1) is 0 Å². The summed E-state index contributed by atoms with van der Waals surface area (Å²) < 4.78 is 6.05. The van der Waals surface area contributed by atoms with Crippen LogP contribution in [-0.4, -0.2) is 17.1 Å². The Balaban J connectivity index is 2.24. The second-order valence-electron chi connectivity index (χ2n) is 4.81. The third kappa shape index (κ3) is 3.99. The molecule has 1 unspecified atom stereocenters. The molecule has 2 aromatic carbocycles. The highest BCUT2D eigenvalue weighted by atomic mass is 16.5. The van der Waals surface area contributed by atoms with Crippen molar-refractivity contribution in [1.29, 1.82) is 0 Å². The number of amidine groups is 1. The minimum Gasteiger partial charge on any atom is -0.489 e. The van der Waals surface area contributed by atoms with E-state index in [1.54, 1.807) is 0 Å². The predicted molar refractivity (Wildman–Crippen MR) is 84.6 cm³/mol. The van der Waals surface area contributed by atoms with Crippen LogP contribution < -0.4 is 10.5 Å². The van der Waals surface area contributed by atoms with Crippen molar-refractivity contribution in [2.24, 2.45) is 10.9 Å². The standard InChI is InChI=1S/C17H20N2O2/c1-2-14(12-17(18)19-20)21-16-11-7-6-10-15(16)13-8-4-3-5-9-13/h3-11,14,20H,2,12H2,1H3,(H2,18,19). The molecule has 0 aliphatic carbocycles. The van der Waals surface area contributed by atoms with Crippen LogP contribution in [-0.2, 0) is 0 Å². The number of benzene rings is 2. The van der Waals surface area contributed by atoms with Crippen LogP contribution in [0.15, 0.2) is 59.8 Å². The smallest absolute Gasteiger partial charge is 0.142 e. The zero-order valence-corrected chi connectivity index (χ0v) is 12.1. The maximum Gasteiger partial charge on any atom is 0.142 e. The van der Waals surface area contributed by atoms with Crippen LogP contribution in [0, 0.1) is 0 Å². The Hall–Kier alpha value is -2.49. The Bertz CT molecular complexity index is 597. The molecule has 0 amide bonds. The third-order valence-electron chi connectivity index (χ3n) is 3.29. The molecular weight excluding hydrogens is 264 g/mol. The van der Waals surface area contributed by atoms with Crippen molar-refractivity contribution < 1.29 is 9.94 Å². The molecule has 2 rings (SSSR count). The second kappa shape index (κ2) is 7.33. The highest BCUT2D eigenvalue weighted by Crippen LogP contribution is 2.30. The fraction of sp³-hybridized carbons (Fsp3) is 0.235. The average molecular weight is 284 g/mol. The summed E-state index contributed by atoms with van der Waals surface area (Å²) in [6, 6.07) is 18.0. The van der Waals surface area contributed by atoms with Gasteiger partial charge in [0.25, 0.3) is 0 Å². The number of para-hydroxylation sites is 1. The quantitative estimate of drug-likeness (QED) is 0.368. The van der Waals surface area contributed by atoms with Crippen molar-refractivity contribution in [3.63, 3.8) is 0 Å². The molecule has 0 spiro atoms. The van der Waals surface area contributed by atoms with E-state index in [2.05, 4.69) is 5.16 Å². The van der Waals surface area contributed by atoms with Crippen LogP contribution >= 0.6 is 0 Å². The Morgan fingerprint density at radius 2 is 1.81 bits per heavy atom. The molecule has 0 saturated heterocycles. The van der Waals surface area contributed by atoms with Crippen LogP contribution in [0.1, 0.15) is 19.8 Å². The van der Waals surface area contributed by atoms with Gasteiger partial charge in [-0.15, -0.1) is 0 Å². The molecule has 110 valence electrons. The monoisotopic (exact) mass is 284 g/mol. The van der Waals surface area contributed by atoms with Crippen molar-refractivity contribution in [2.75, 3.05) is 0 Å². The highest BCUT2D eigenvalue weighted by molar-refractivity contribution is 5.80. The minimum atomic E-state index is -0.120. The van der Waals surface area contributed by atoms with Crippen LogP contribution in [0.2, 0.25) is 0 Å². The molecule has 0 heterocycles. The number of hydrogen-bond donors (Lipinski definition) is 2. The zero-order chi connectivity index (χ0) is 15.1. The van der Waals surface area contributed by atoms with Crippen molar-refractivity contribution in [3.8, 4) is 16.9 Å². The highest BCUT2D eigenvalue weighted by Gasteiger charge is 2.13. The molecule has 0 aliphatic rings. The SMILES string of the molecule is CCC(C/C(N)=N/O)Oc1ccccc1-c1ccccc1. The zero-order valence-electron chi connectivity index (χ0n) is 12.1. The number of nitrogens with zero attached hydrogens (tertiary/aromatic N) is 1. The van der Waals surface area contributed by atoms with E-state index in [1.165, 1.54) is 0 Å². The van der Waals surface area contributed by atoms with E-state index in [0.29, 0.717) is 6.42 Å². The largest absolute Gasteiger partial charge is 0.489 e. The summed E-state index contributed by atoms with van der Waals surface area (Å²) in [5.74, 6) is 0.986. The molecule has 0 aliphatic heterocycles. The van der Waals surface area contributed by atoms with E-state index in [-0.39, 0.29) is 11.9 Å². The lowest BCUT2D eigenvalue weighted by molar-refractivity contribution is 0.203. The van der Waals surface area contributed by atoms with Gasteiger partial charge < -0.3 is 15.7 Å². The van der Waals surface area contributed by atoms with Crippen molar-refractivity contribution in [3.05, 3.63) is 54.6 Å². The van der Waals surface area contributed by atoms with Crippen LogP contribution in [0.4, 0.5) is 0 Å². The summed E-state index contributed by atoms with van der Waals surface area (Å²) in [5.41, 5.74) is 7.71. The van der Waals surface area contributed by atoms with Crippen LogP contribution in [0.25, 0.3) is 11.1 Å². The molecular formula is C17H20N2O2. The molecule has 4 nitrogen and oxygen atoms in total. The summed E-state index contributed by atoms with van der Waals surface area (Å²) in [5, 5.41) is 11.7. The summed E-state index contributed by atoms with van der Waals surface area (Å²) >= 11 is 0. The molecule has 0 fully saturated rings. The summed E-state index contributed by atoms with van der Waals surface area (Å²) in [6.45, 7) is 2.01. The number of ether oxygens (including phenoxy) is 1. The van der Waals surface area contributed by atoms with Crippen LogP contribution in [0.5, 0.6) is 5.75 Å². The Morgan fingerprint density at radius 1 is 1.14 bits per heavy atom. The molecule has 4 heteroatoms. The Kier molecular flexibility index (Phi) is 5.21. The number of oxime groups is 1. The van der Waals surface area contributed by atoms with E-state index in [0.717, 1.165) is 23.3 Å². The molecule has 0 saturated carbocycles. The van der Waals surface area contributed by atoms with Gasteiger partial charge in [-0.2, -0.15) is 0 Å². The van der Waals surface area contributed by atoms with Gasteiger partial charge >= 0.3 is 0 Å². The molecule has 0 radical (unpaired) electrons. The predicted octanol–water partition coefficient (Wildman–Crippen LogP) is 3.65. The maximum atomic E-state index is 8.69. The Morgan fingerprint density at radius 3 is 2.48 bits per heavy atom. The number of hydrogen-bond acceptors (Lipinski definition) is 3. The first kappa shape index (κ1) is 14.9. The average Bonchev–Trinajstić information content (AvgIpc) is 2.55. The second-order valence-corrected chi connectivity index (χ2v) is 4.81. The first-order valence-corrected chi connectivity index (χ1v) is 7.02. The third-order valence-corrected chi connectivity index (χ3v) is 3.29. The lowest BCUT2D eigenvalue weighted by atomic mass is 10.0. The van der Waals surface area contributed by atoms with E-state index in [1.807, 2.05) is 61.5 Å². The normalized spacial score (nSPS) is 12.9. The van der Waals surface area contributed by atoms with Crippen molar-refractivity contribution >= 4 is 5.84 Å². The van der Waals surface area contributed by atoms with Gasteiger partial charge in [0.2, 0.25) is 0 Å². The fourth-order valence-corrected chi connectivity index (χ4v) is 2.15. The molecule has 1 atom stereocenters. The number of rotatable bonds is 6. The van der Waals surface area contributed by atoms with E-state index >= 15 is 0 Å². The minimum absolute atomic E-state index is 0.120. The van der Waals surface area contributed by atoms with Crippen molar-refractivity contribution in [1.82, 2.24) is 0 Å². The topological polar surface area (TPSA) is 67.8 Å².